The molecule has 1 heterocycles. The predicted octanol–water partition coefficient (Wildman–Crippen LogP) is 2.99. The van der Waals surface area contributed by atoms with Crippen LogP contribution in [0.15, 0.2) is 10.7 Å². The molecule has 1 aromatic rings. The monoisotopic (exact) mass is 287 g/mol. The second-order valence-corrected chi connectivity index (χ2v) is 5.23. The molecule has 0 saturated carbocycles. The molecule has 1 rings (SSSR count). The van der Waals surface area contributed by atoms with Gasteiger partial charge in [-0.2, -0.15) is 5.10 Å². The minimum Gasteiger partial charge on any atom is -0.315 e. The molecule has 1 aromatic heterocycles. The molecule has 0 aliphatic heterocycles. The summed E-state index contributed by atoms with van der Waals surface area (Å²) < 4.78 is 3.25. The van der Waals surface area contributed by atoms with Crippen LogP contribution in [-0.2, 0) is 13.0 Å². The summed E-state index contributed by atoms with van der Waals surface area (Å²) in [5.74, 6) is 0. The lowest BCUT2D eigenvalue weighted by Crippen LogP contribution is -2.24. The van der Waals surface area contributed by atoms with Crippen LogP contribution in [0, 0.1) is 0 Å². The van der Waals surface area contributed by atoms with Crippen molar-refractivity contribution in [3.63, 3.8) is 0 Å². The quantitative estimate of drug-likeness (QED) is 0.782. The molecule has 0 spiro atoms. The van der Waals surface area contributed by atoms with Gasteiger partial charge in [0.05, 0.1) is 16.4 Å². The molecule has 0 atom stereocenters. The highest BCUT2D eigenvalue weighted by Crippen LogP contribution is 2.17. The first-order valence-electron chi connectivity index (χ1n) is 6.08. The van der Waals surface area contributed by atoms with Crippen LogP contribution in [0.5, 0.6) is 0 Å². The molecule has 0 amide bonds. The Kier molecular flexibility index (Phi) is 6.06. The van der Waals surface area contributed by atoms with E-state index in [0.717, 1.165) is 36.8 Å². The molecule has 0 saturated heterocycles. The lowest BCUT2D eigenvalue weighted by atomic mass is 10.2. The Hall–Kier alpha value is -0.350. The van der Waals surface area contributed by atoms with Crippen molar-refractivity contribution in [2.45, 2.75) is 52.6 Å². The van der Waals surface area contributed by atoms with Gasteiger partial charge in [0, 0.05) is 12.6 Å². The Morgan fingerprint density at radius 3 is 2.88 bits per heavy atom. The van der Waals surface area contributed by atoms with Crippen molar-refractivity contribution in [2.75, 3.05) is 6.54 Å². The third-order valence-electron chi connectivity index (χ3n) is 2.48. The molecule has 16 heavy (non-hydrogen) atoms. The van der Waals surface area contributed by atoms with E-state index in [1.165, 1.54) is 5.69 Å². The lowest BCUT2D eigenvalue weighted by Gasteiger charge is -2.09. The maximum atomic E-state index is 4.37. The van der Waals surface area contributed by atoms with Crippen LogP contribution in [0.25, 0.3) is 0 Å². The number of hydrogen-bond donors (Lipinski definition) is 1. The van der Waals surface area contributed by atoms with Crippen molar-refractivity contribution < 1.29 is 0 Å². The van der Waals surface area contributed by atoms with Crippen molar-refractivity contribution in [3.8, 4) is 0 Å². The average molecular weight is 288 g/mol. The van der Waals surface area contributed by atoms with Gasteiger partial charge in [0.15, 0.2) is 0 Å². The first-order valence-corrected chi connectivity index (χ1v) is 6.88. The number of hydrogen-bond acceptors (Lipinski definition) is 2. The summed E-state index contributed by atoms with van der Waals surface area (Å²) in [6.07, 6.45) is 5.28. The minimum absolute atomic E-state index is 0.573. The third-order valence-corrected chi connectivity index (χ3v) is 3.14. The molecule has 0 radical (unpaired) electrons. The van der Waals surface area contributed by atoms with Crippen molar-refractivity contribution in [1.82, 2.24) is 15.1 Å². The van der Waals surface area contributed by atoms with E-state index in [4.69, 9.17) is 0 Å². The van der Waals surface area contributed by atoms with Crippen molar-refractivity contribution in [2.24, 2.45) is 0 Å². The molecule has 1 N–H and O–H groups in total. The number of halogens is 1. The smallest absolute Gasteiger partial charge is 0.0635 e. The van der Waals surface area contributed by atoms with E-state index in [0.29, 0.717) is 6.04 Å². The second-order valence-electron chi connectivity index (χ2n) is 4.37. The molecule has 3 nitrogen and oxygen atoms in total. The van der Waals surface area contributed by atoms with Crippen molar-refractivity contribution in [3.05, 3.63) is 16.4 Å². The first kappa shape index (κ1) is 13.7. The number of nitrogens with one attached hydrogen (secondary N) is 1. The maximum Gasteiger partial charge on any atom is 0.0635 e. The number of aryl methyl sites for hydroxylation is 1. The average Bonchev–Trinajstić information content (AvgIpc) is 2.56. The highest BCUT2D eigenvalue weighted by atomic mass is 79.9. The largest absolute Gasteiger partial charge is 0.315 e. The SMILES string of the molecule is CCCn1ncc(Br)c1CCCNC(C)C. The summed E-state index contributed by atoms with van der Waals surface area (Å²) in [5.41, 5.74) is 1.33. The van der Waals surface area contributed by atoms with Gasteiger partial charge in [-0.15, -0.1) is 0 Å². The molecule has 92 valence electrons. The topological polar surface area (TPSA) is 29.9 Å². The summed E-state index contributed by atoms with van der Waals surface area (Å²) in [5, 5.41) is 7.80. The standard InChI is InChI=1S/C12H22BrN3/c1-4-8-16-12(11(13)9-15-16)6-5-7-14-10(2)3/h9-10,14H,4-8H2,1-3H3. The predicted molar refractivity (Wildman–Crippen MR) is 71.7 cm³/mol. The van der Waals surface area contributed by atoms with Crippen LogP contribution in [0.4, 0.5) is 0 Å². The Labute approximate surface area is 107 Å². The van der Waals surface area contributed by atoms with E-state index in [2.05, 4.69) is 51.8 Å². The zero-order valence-electron chi connectivity index (χ0n) is 10.5. The highest BCUT2D eigenvalue weighted by molar-refractivity contribution is 9.10. The van der Waals surface area contributed by atoms with Crippen LogP contribution in [0.2, 0.25) is 0 Å². The normalized spacial score (nSPS) is 11.3. The van der Waals surface area contributed by atoms with Gasteiger partial charge in [0.25, 0.3) is 0 Å². The van der Waals surface area contributed by atoms with Gasteiger partial charge in [-0.05, 0) is 41.7 Å². The van der Waals surface area contributed by atoms with Gasteiger partial charge in [-0.3, -0.25) is 4.68 Å². The summed E-state index contributed by atoms with van der Waals surface area (Å²) >= 11 is 3.56. The van der Waals surface area contributed by atoms with Gasteiger partial charge in [0.1, 0.15) is 0 Å². The number of nitrogens with zero attached hydrogens (tertiary/aromatic N) is 2. The zero-order valence-corrected chi connectivity index (χ0v) is 12.0. The number of aromatic nitrogens is 2. The van der Waals surface area contributed by atoms with Crippen LogP contribution >= 0.6 is 15.9 Å². The summed E-state index contributed by atoms with van der Waals surface area (Å²) in [6, 6.07) is 0.573. The minimum atomic E-state index is 0.573. The molecule has 0 bridgehead atoms. The highest BCUT2D eigenvalue weighted by Gasteiger charge is 2.07. The van der Waals surface area contributed by atoms with Gasteiger partial charge < -0.3 is 5.32 Å². The van der Waals surface area contributed by atoms with Crippen LogP contribution in [-0.4, -0.2) is 22.4 Å². The van der Waals surface area contributed by atoms with Gasteiger partial charge >= 0.3 is 0 Å². The summed E-state index contributed by atoms with van der Waals surface area (Å²) in [7, 11) is 0. The van der Waals surface area contributed by atoms with Gasteiger partial charge in [-0.1, -0.05) is 20.8 Å². The molecule has 0 aliphatic carbocycles. The van der Waals surface area contributed by atoms with Crippen molar-refractivity contribution >= 4 is 15.9 Å². The molecule has 4 heteroatoms. The second kappa shape index (κ2) is 7.07. The Balaban J connectivity index is 2.42. The van der Waals surface area contributed by atoms with Gasteiger partial charge in [0.2, 0.25) is 0 Å². The van der Waals surface area contributed by atoms with E-state index in [1.54, 1.807) is 0 Å². The maximum absolute atomic E-state index is 4.37. The fourth-order valence-corrected chi connectivity index (χ4v) is 2.18. The van der Waals surface area contributed by atoms with E-state index in [1.807, 2.05) is 6.20 Å². The lowest BCUT2D eigenvalue weighted by molar-refractivity contribution is 0.539. The Morgan fingerprint density at radius 1 is 1.50 bits per heavy atom. The van der Waals surface area contributed by atoms with Gasteiger partial charge in [-0.25, -0.2) is 0 Å². The third kappa shape index (κ3) is 4.26. The molecular weight excluding hydrogens is 266 g/mol. The van der Waals surface area contributed by atoms with E-state index in [-0.39, 0.29) is 0 Å². The molecule has 0 aliphatic rings. The molecule has 0 aromatic carbocycles. The molecule has 0 unspecified atom stereocenters. The number of rotatable bonds is 7. The fraction of sp³-hybridized carbons (Fsp3) is 0.750. The molecule has 0 fully saturated rings. The summed E-state index contributed by atoms with van der Waals surface area (Å²) in [4.78, 5) is 0. The Bertz CT molecular complexity index is 307. The Morgan fingerprint density at radius 2 is 2.25 bits per heavy atom. The van der Waals surface area contributed by atoms with Crippen LogP contribution < -0.4 is 5.32 Å². The summed E-state index contributed by atoms with van der Waals surface area (Å²) in [6.45, 7) is 8.62. The first-order chi connectivity index (χ1) is 7.65. The van der Waals surface area contributed by atoms with Crippen molar-refractivity contribution in [1.29, 1.82) is 0 Å². The van der Waals surface area contributed by atoms with Crippen LogP contribution in [0.1, 0.15) is 39.3 Å². The fourth-order valence-electron chi connectivity index (χ4n) is 1.69. The van der Waals surface area contributed by atoms with E-state index < -0.39 is 0 Å². The molecular formula is C12H22BrN3. The zero-order chi connectivity index (χ0) is 12.0. The van der Waals surface area contributed by atoms with E-state index >= 15 is 0 Å². The van der Waals surface area contributed by atoms with E-state index in [9.17, 15) is 0 Å². The van der Waals surface area contributed by atoms with Crippen LogP contribution in [0.3, 0.4) is 0 Å².